The van der Waals surface area contributed by atoms with E-state index in [0.717, 1.165) is 4.90 Å². The number of benzene rings is 2. The molecule has 1 amide bonds. The molecule has 114 valence electrons. The second-order valence-electron chi connectivity index (χ2n) is 4.88. The molecule has 1 atom stereocenters. The minimum absolute atomic E-state index is 0.0392. The van der Waals surface area contributed by atoms with Gasteiger partial charge in [-0.15, -0.1) is 11.8 Å². The highest BCUT2D eigenvalue weighted by Crippen LogP contribution is 2.26. The molecule has 0 saturated carbocycles. The minimum atomic E-state index is -0.300. The first-order valence-electron chi connectivity index (χ1n) is 6.83. The molecule has 0 radical (unpaired) electrons. The van der Waals surface area contributed by atoms with Gasteiger partial charge >= 0.3 is 0 Å². The number of nitrogens with one attached hydrogen (secondary N) is 1. The Labute approximate surface area is 133 Å². The molecule has 0 aliphatic carbocycles. The van der Waals surface area contributed by atoms with Crippen molar-refractivity contribution in [3.63, 3.8) is 0 Å². The van der Waals surface area contributed by atoms with E-state index in [9.17, 15) is 14.7 Å². The largest absolute Gasteiger partial charge is 0.508 e. The van der Waals surface area contributed by atoms with E-state index in [2.05, 4.69) is 5.32 Å². The van der Waals surface area contributed by atoms with Gasteiger partial charge in [-0.1, -0.05) is 12.1 Å². The molecule has 2 aromatic rings. The van der Waals surface area contributed by atoms with Crippen molar-refractivity contribution in [2.45, 2.75) is 24.0 Å². The Morgan fingerprint density at radius 2 is 1.82 bits per heavy atom. The average molecular weight is 315 g/mol. The second-order valence-corrected chi connectivity index (χ2v) is 6.29. The van der Waals surface area contributed by atoms with Gasteiger partial charge in [-0.3, -0.25) is 9.59 Å². The number of ketones is 1. The summed E-state index contributed by atoms with van der Waals surface area (Å²) in [6.45, 7) is 3.30. The van der Waals surface area contributed by atoms with Gasteiger partial charge in [-0.05, 0) is 50.2 Å². The fraction of sp³-hybridized carbons (Fsp3) is 0.176. The molecule has 22 heavy (non-hydrogen) atoms. The van der Waals surface area contributed by atoms with Crippen molar-refractivity contribution in [3.05, 3.63) is 54.1 Å². The van der Waals surface area contributed by atoms with Gasteiger partial charge in [0.25, 0.3) is 0 Å². The third-order valence-electron chi connectivity index (χ3n) is 3.06. The van der Waals surface area contributed by atoms with E-state index < -0.39 is 0 Å². The van der Waals surface area contributed by atoms with E-state index in [-0.39, 0.29) is 22.7 Å². The Balaban J connectivity index is 2.00. The maximum absolute atomic E-state index is 12.2. The zero-order valence-corrected chi connectivity index (χ0v) is 13.2. The van der Waals surface area contributed by atoms with Gasteiger partial charge in [0.05, 0.1) is 5.25 Å². The molecule has 1 unspecified atom stereocenters. The number of carbonyl (C=O) groups excluding carboxylic acids is 2. The van der Waals surface area contributed by atoms with Crippen molar-refractivity contribution in [1.82, 2.24) is 0 Å². The monoisotopic (exact) mass is 315 g/mol. The Kier molecular flexibility index (Phi) is 5.22. The molecule has 4 nitrogen and oxygen atoms in total. The number of anilines is 1. The van der Waals surface area contributed by atoms with Crippen molar-refractivity contribution in [2.75, 3.05) is 5.32 Å². The van der Waals surface area contributed by atoms with Gasteiger partial charge in [0.15, 0.2) is 5.78 Å². The van der Waals surface area contributed by atoms with Gasteiger partial charge in [0.2, 0.25) is 5.91 Å². The molecule has 0 aromatic heterocycles. The Hall–Kier alpha value is -2.27. The smallest absolute Gasteiger partial charge is 0.237 e. The van der Waals surface area contributed by atoms with Crippen LogP contribution in [-0.4, -0.2) is 22.0 Å². The van der Waals surface area contributed by atoms with E-state index in [1.807, 2.05) is 6.92 Å². The third-order valence-corrected chi connectivity index (χ3v) is 4.17. The highest BCUT2D eigenvalue weighted by Gasteiger charge is 2.15. The molecule has 2 aromatic carbocycles. The Morgan fingerprint density at radius 1 is 1.14 bits per heavy atom. The SMILES string of the molecule is CC(=O)c1cccc(NC(=O)C(C)Sc2ccc(O)cc2)c1. The molecule has 2 N–H and O–H groups in total. The van der Waals surface area contributed by atoms with Crippen LogP contribution in [0.1, 0.15) is 24.2 Å². The summed E-state index contributed by atoms with van der Waals surface area (Å²) in [5.74, 6) is 0.0175. The van der Waals surface area contributed by atoms with Gasteiger partial charge in [0, 0.05) is 16.1 Å². The summed E-state index contributed by atoms with van der Waals surface area (Å²) >= 11 is 1.40. The predicted octanol–water partition coefficient (Wildman–Crippen LogP) is 3.71. The van der Waals surface area contributed by atoms with Crippen molar-refractivity contribution in [2.24, 2.45) is 0 Å². The van der Waals surface area contributed by atoms with Crippen LogP contribution >= 0.6 is 11.8 Å². The van der Waals surface area contributed by atoms with Crippen molar-refractivity contribution in [3.8, 4) is 5.75 Å². The van der Waals surface area contributed by atoms with E-state index >= 15 is 0 Å². The molecule has 0 saturated heterocycles. The molecule has 0 heterocycles. The standard InChI is InChI=1S/C17H17NO3S/c1-11(19)13-4-3-5-14(10-13)18-17(21)12(2)22-16-8-6-15(20)7-9-16/h3-10,12,20H,1-2H3,(H,18,21). The van der Waals surface area contributed by atoms with Crippen LogP contribution in [0, 0.1) is 0 Å². The lowest BCUT2D eigenvalue weighted by molar-refractivity contribution is -0.115. The van der Waals surface area contributed by atoms with Gasteiger partial charge < -0.3 is 10.4 Å². The number of carbonyl (C=O) groups is 2. The van der Waals surface area contributed by atoms with Crippen molar-refractivity contribution in [1.29, 1.82) is 0 Å². The zero-order chi connectivity index (χ0) is 16.1. The number of aromatic hydroxyl groups is 1. The van der Waals surface area contributed by atoms with Gasteiger partial charge in [0.1, 0.15) is 5.75 Å². The van der Waals surface area contributed by atoms with Crippen LogP contribution < -0.4 is 5.32 Å². The number of hydrogen-bond acceptors (Lipinski definition) is 4. The van der Waals surface area contributed by atoms with Crippen LogP contribution in [-0.2, 0) is 4.79 Å². The van der Waals surface area contributed by atoms with Crippen LogP contribution in [0.25, 0.3) is 0 Å². The first kappa shape index (κ1) is 16.1. The van der Waals surface area contributed by atoms with Crippen molar-refractivity contribution < 1.29 is 14.7 Å². The summed E-state index contributed by atoms with van der Waals surface area (Å²) in [7, 11) is 0. The van der Waals surface area contributed by atoms with Gasteiger partial charge in [-0.25, -0.2) is 0 Å². The molecular formula is C17H17NO3S. The number of hydrogen-bond donors (Lipinski definition) is 2. The molecule has 0 fully saturated rings. The molecule has 5 heteroatoms. The first-order valence-corrected chi connectivity index (χ1v) is 7.71. The van der Waals surface area contributed by atoms with Crippen molar-refractivity contribution >= 4 is 29.1 Å². The van der Waals surface area contributed by atoms with Crippen LogP contribution in [0.3, 0.4) is 0 Å². The molecule has 0 aliphatic rings. The number of phenols is 1. The summed E-state index contributed by atoms with van der Waals surface area (Å²) in [6, 6.07) is 13.6. The molecule has 0 aliphatic heterocycles. The summed E-state index contributed by atoms with van der Waals surface area (Å²) in [5, 5.41) is 11.8. The molecule has 0 spiro atoms. The predicted molar refractivity (Wildman–Crippen MR) is 88.5 cm³/mol. The number of amides is 1. The topological polar surface area (TPSA) is 66.4 Å². The maximum Gasteiger partial charge on any atom is 0.237 e. The quantitative estimate of drug-likeness (QED) is 0.652. The number of rotatable bonds is 5. The van der Waals surface area contributed by atoms with Crippen LogP contribution in [0.5, 0.6) is 5.75 Å². The number of Topliss-reactive ketones (excluding diaryl/α,β-unsaturated/α-hetero) is 1. The summed E-state index contributed by atoms with van der Waals surface area (Å²) in [6.07, 6.45) is 0. The highest BCUT2D eigenvalue weighted by molar-refractivity contribution is 8.00. The van der Waals surface area contributed by atoms with Gasteiger partial charge in [-0.2, -0.15) is 0 Å². The second kappa shape index (κ2) is 7.13. The summed E-state index contributed by atoms with van der Waals surface area (Å²) in [5.41, 5.74) is 1.17. The highest BCUT2D eigenvalue weighted by atomic mass is 32.2. The average Bonchev–Trinajstić information content (AvgIpc) is 2.49. The summed E-state index contributed by atoms with van der Waals surface area (Å²) < 4.78 is 0. The zero-order valence-electron chi connectivity index (χ0n) is 12.4. The lowest BCUT2D eigenvalue weighted by atomic mass is 10.1. The Morgan fingerprint density at radius 3 is 2.45 bits per heavy atom. The summed E-state index contributed by atoms with van der Waals surface area (Å²) in [4.78, 5) is 24.4. The van der Waals surface area contributed by atoms with Crippen LogP contribution in [0.15, 0.2) is 53.4 Å². The van der Waals surface area contributed by atoms with E-state index in [1.54, 1.807) is 48.5 Å². The van der Waals surface area contributed by atoms with E-state index in [4.69, 9.17) is 0 Å². The van der Waals surface area contributed by atoms with E-state index in [0.29, 0.717) is 11.3 Å². The maximum atomic E-state index is 12.2. The van der Waals surface area contributed by atoms with Crippen LogP contribution in [0.2, 0.25) is 0 Å². The lowest BCUT2D eigenvalue weighted by Crippen LogP contribution is -2.22. The molecule has 0 bridgehead atoms. The fourth-order valence-corrected chi connectivity index (χ4v) is 2.71. The first-order chi connectivity index (χ1) is 10.5. The lowest BCUT2D eigenvalue weighted by Gasteiger charge is -2.12. The van der Waals surface area contributed by atoms with E-state index in [1.165, 1.54) is 18.7 Å². The number of thioether (sulfide) groups is 1. The number of phenolic OH excluding ortho intramolecular Hbond substituents is 1. The molecule has 2 rings (SSSR count). The molecular weight excluding hydrogens is 298 g/mol. The normalized spacial score (nSPS) is 11.7. The Bertz CT molecular complexity index is 683. The minimum Gasteiger partial charge on any atom is -0.508 e. The fourth-order valence-electron chi connectivity index (χ4n) is 1.84. The third kappa shape index (κ3) is 4.36. The van der Waals surface area contributed by atoms with Crippen LogP contribution in [0.4, 0.5) is 5.69 Å².